The average molecular weight is 567 g/mol. The lowest BCUT2D eigenvalue weighted by molar-refractivity contribution is -0.145. The van der Waals surface area contributed by atoms with Gasteiger partial charge in [0.15, 0.2) is 0 Å². The van der Waals surface area contributed by atoms with Crippen LogP contribution in [0.3, 0.4) is 0 Å². The van der Waals surface area contributed by atoms with Gasteiger partial charge in [-0.25, -0.2) is 0 Å². The summed E-state index contributed by atoms with van der Waals surface area (Å²) in [6.45, 7) is 21.6. The molecule has 1 saturated heterocycles. The van der Waals surface area contributed by atoms with E-state index in [1.54, 1.807) is 0 Å². The van der Waals surface area contributed by atoms with E-state index in [0.717, 1.165) is 70.2 Å². The van der Waals surface area contributed by atoms with Gasteiger partial charge in [-0.15, -0.1) is 0 Å². The van der Waals surface area contributed by atoms with E-state index in [2.05, 4.69) is 65.3 Å². The van der Waals surface area contributed by atoms with E-state index in [-0.39, 0.29) is 11.9 Å². The maximum atomic E-state index is 12.1. The Morgan fingerprint density at radius 2 is 1.38 bits per heavy atom. The molecule has 0 aromatic rings. The summed E-state index contributed by atoms with van der Waals surface area (Å²) < 4.78 is 10.8. The van der Waals surface area contributed by atoms with Crippen LogP contribution in [-0.2, 0) is 19.1 Å². The standard InChI is InChI=1S/C34H66N2O4/c1-9-29(15-22-35(8)23-18-31(37)39-27-11-20-33(2,3)4)13-10-14-30-16-24-36(25-17-30)26-19-32(38)40-28-12-21-34(5,6)7/h29-30H,9-28H2,1-8H3. The van der Waals surface area contributed by atoms with Crippen molar-refractivity contribution >= 4 is 11.9 Å². The number of hydrogen-bond acceptors (Lipinski definition) is 6. The van der Waals surface area contributed by atoms with Crippen LogP contribution in [0.15, 0.2) is 0 Å². The molecule has 0 aromatic carbocycles. The van der Waals surface area contributed by atoms with Crippen LogP contribution in [0.2, 0.25) is 0 Å². The molecule has 0 radical (unpaired) electrons. The summed E-state index contributed by atoms with van der Waals surface area (Å²) in [5.74, 6) is 1.49. The molecule has 0 aromatic heterocycles. The molecule has 6 heteroatoms. The van der Waals surface area contributed by atoms with Crippen LogP contribution in [0.25, 0.3) is 0 Å². The highest BCUT2D eigenvalue weighted by Crippen LogP contribution is 2.26. The highest BCUT2D eigenvalue weighted by molar-refractivity contribution is 5.69. The predicted molar refractivity (Wildman–Crippen MR) is 167 cm³/mol. The molecule has 6 nitrogen and oxygen atoms in total. The van der Waals surface area contributed by atoms with E-state index in [9.17, 15) is 9.59 Å². The van der Waals surface area contributed by atoms with Crippen molar-refractivity contribution in [3.63, 3.8) is 0 Å². The highest BCUT2D eigenvalue weighted by Gasteiger charge is 2.20. The number of carbonyl (C=O) groups excluding carboxylic acids is 2. The number of nitrogens with zero attached hydrogens (tertiary/aromatic N) is 2. The fourth-order valence-corrected chi connectivity index (χ4v) is 5.51. The van der Waals surface area contributed by atoms with E-state index in [4.69, 9.17) is 9.47 Å². The normalized spacial score (nSPS) is 16.3. The number of esters is 2. The van der Waals surface area contributed by atoms with Gasteiger partial charge in [-0.05, 0) is 94.3 Å². The zero-order valence-corrected chi connectivity index (χ0v) is 27.8. The molecule has 0 amide bonds. The topological polar surface area (TPSA) is 59.1 Å². The van der Waals surface area contributed by atoms with Crippen molar-refractivity contribution < 1.29 is 19.1 Å². The number of piperidine rings is 1. The second-order valence-electron chi connectivity index (χ2n) is 14.9. The van der Waals surface area contributed by atoms with Gasteiger partial charge >= 0.3 is 11.9 Å². The molecule has 1 unspecified atom stereocenters. The molecule has 0 aliphatic carbocycles. The van der Waals surface area contributed by atoms with Crippen molar-refractivity contribution in [3.05, 3.63) is 0 Å². The lowest BCUT2D eigenvalue weighted by Crippen LogP contribution is -2.35. The zero-order chi connectivity index (χ0) is 30.0. The first-order valence-electron chi connectivity index (χ1n) is 16.5. The maximum Gasteiger partial charge on any atom is 0.307 e. The minimum absolute atomic E-state index is 0.0428. The molecule has 0 spiro atoms. The first kappa shape index (κ1) is 36.9. The van der Waals surface area contributed by atoms with Crippen LogP contribution in [-0.4, -0.2) is 74.7 Å². The van der Waals surface area contributed by atoms with Gasteiger partial charge in [0.05, 0.1) is 26.1 Å². The summed E-state index contributed by atoms with van der Waals surface area (Å²) in [4.78, 5) is 28.9. The van der Waals surface area contributed by atoms with Gasteiger partial charge in [0.2, 0.25) is 0 Å². The lowest BCUT2D eigenvalue weighted by Gasteiger charge is -2.32. The summed E-state index contributed by atoms with van der Waals surface area (Å²) in [7, 11) is 2.13. The van der Waals surface area contributed by atoms with Gasteiger partial charge in [0.1, 0.15) is 0 Å². The summed E-state index contributed by atoms with van der Waals surface area (Å²) in [5.41, 5.74) is 0.596. The highest BCUT2D eigenvalue weighted by atomic mass is 16.5. The fourth-order valence-electron chi connectivity index (χ4n) is 5.51. The van der Waals surface area contributed by atoms with Gasteiger partial charge < -0.3 is 19.3 Å². The maximum absolute atomic E-state index is 12.1. The monoisotopic (exact) mass is 567 g/mol. The Labute approximate surface area is 248 Å². The van der Waals surface area contributed by atoms with Crippen molar-refractivity contribution in [1.29, 1.82) is 0 Å². The van der Waals surface area contributed by atoms with Crippen LogP contribution in [0.1, 0.15) is 132 Å². The number of hydrogen-bond donors (Lipinski definition) is 0. The van der Waals surface area contributed by atoms with Crippen molar-refractivity contribution in [2.75, 3.05) is 53.0 Å². The molecular weight excluding hydrogens is 500 g/mol. The molecule has 0 bridgehead atoms. The van der Waals surface area contributed by atoms with E-state index >= 15 is 0 Å². The lowest BCUT2D eigenvalue weighted by atomic mass is 9.88. The molecule has 1 aliphatic heterocycles. The molecule has 40 heavy (non-hydrogen) atoms. The molecule has 1 atom stereocenters. The largest absolute Gasteiger partial charge is 0.466 e. The van der Waals surface area contributed by atoms with Crippen molar-refractivity contribution in [2.24, 2.45) is 22.7 Å². The molecule has 1 rings (SSSR count). The second-order valence-corrected chi connectivity index (χ2v) is 14.9. The Hall–Kier alpha value is -1.14. The summed E-state index contributed by atoms with van der Waals surface area (Å²) in [6, 6.07) is 0. The number of ether oxygens (including phenoxy) is 2. The van der Waals surface area contributed by atoms with Gasteiger partial charge in [-0.2, -0.15) is 0 Å². The molecule has 1 heterocycles. The van der Waals surface area contributed by atoms with Crippen LogP contribution < -0.4 is 0 Å². The molecule has 236 valence electrons. The summed E-state index contributed by atoms with van der Waals surface area (Å²) in [6.07, 6.45) is 14.0. The average Bonchev–Trinajstić information content (AvgIpc) is 2.88. The predicted octanol–water partition coefficient (Wildman–Crippen LogP) is 7.74. The Morgan fingerprint density at radius 3 is 1.90 bits per heavy atom. The van der Waals surface area contributed by atoms with Gasteiger partial charge in [-0.1, -0.05) is 74.1 Å². The summed E-state index contributed by atoms with van der Waals surface area (Å²) in [5, 5.41) is 0. The van der Waals surface area contributed by atoms with E-state index in [1.165, 1.54) is 44.9 Å². The van der Waals surface area contributed by atoms with Crippen LogP contribution in [0.4, 0.5) is 0 Å². The third kappa shape index (κ3) is 20.7. The third-order valence-corrected chi connectivity index (χ3v) is 8.43. The zero-order valence-electron chi connectivity index (χ0n) is 27.8. The summed E-state index contributed by atoms with van der Waals surface area (Å²) >= 11 is 0. The molecule has 0 saturated carbocycles. The van der Waals surface area contributed by atoms with Gasteiger partial charge in [0, 0.05) is 13.1 Å². The van der Waals surface area contributed by atoms with E-state index in [0.29, 0.717) is 36.9 Å². The van der Waals surface area contributed by atoms with Crippen LogP contribution in [0, 0.1) is 22.7 Å². The Kier molecular flexibility index (Phi) is 18.3. The smallest absolute Gasteiger partial charge is 0.307 e. The molecule has 1 aliphatic rings. The number of rotatable bonds is 20. The minimum Gasteiger partial charge on any atom is -0.466 e. The van der Waals surface area contributed by atoms with Crippen LogP contribution in [0.5, 0.6) is 0 Å². The SMILES string of the molecule is CCC(CCCC1CCN(CCC(=O)OCCCC(C)(C)C)CC1)CCN(C)CCC(=O)OCCCC(C)(C)C. The van der Waals surface area contributed by atoms with Crippen molar-refractivity contribution in [3.8, 4) is 0 Å². The van der Waals surface area contributed by atoms with Crippen LogP contribution >= 0.6 is 0 Å². The molecule has 1 fully saturated rings. The van der Waals surface area contributed by atoms with E-state index < -0.39 is 0 Å². The van der Waals surface area contributed by atoms with Gasteiger partial charge in [-0.3, -0.25) is 9.59 Å². The van der Waals surface area contributed by atoms with Gasteiger partial charge in [0.25, 0.3) is 0 Å². The van der Waals surface area contributed by atoms with Crippen molar-refractivity contribution in [1.82, 2.24) is 9.80 Å². The quantitative estimate of drug-likeness (QED) is 0.111. The first-order chi connectivity index (χ1) is 18.8. The van der Waals surface area contributed by atoms with E-state index in [1.807, 2.05) is 0 Å². The Bertz CT molecular complexity index is 674. The second kappa shape index (κ2) is 19.9. The Morgan fingerprint density at radius 1 is 0.825 bits per heavy atom. The molecular formula is C34H66N2O4. The van der Waals surface area contributed by atoms with Crippen molar-refractivity contribution in [2.45, 2.75) is 132 Å². The first-order valence-corrected chi connectivity index (χ1v) is 16.5. The fraction of sp³-hybridized carbons (Fsp3) is 0.941. The minimum atomic E-state index is -0.0645. The Balaban J connectivity index is 2.09. The third-order valence-electron chi connectivity index (χ3n) is 8.43. The number of likely N-dealkylation sites (tertiary alicyclic amines) is 1. The molecule has 0 N–H and O–H groups in total. The number of carbonyl (C=O) groups is 2.